The summed E-state index contributed by atoms with van der Waals surface area (Å²) >= 11 is 0. The van der Waals surface area contributed by atoms with E-state index < -0.39 is 5.91 Å². The van der Waals surface area contributed by atoms with Crippen LogP contribution in [0, 0.1) is 13.8 Å². The average molecular weight is 349 g/mol. The molecule has 0 aliphatic rings. The zero-order valence-electron chi connectivity index (χ0n) is 14.7. The summed E-state index contributed by atoms with van der Waals surface area (Å²) in [6, 6.07) is 7.23. The molecule has 3 aromatic heterocycles. The van der Waals surface area contributed by atoms with Crippen LogP contribution in [-0.4, -0.2) is 25.1 Å². The van der Waals surface area contributed by atoms with Crippen LogP contribution in [-0.2, 0) is 7.05 Å². The number of aromatic hydroxyl groups is 1. The highest BCUT2D eigenvalue weighted by molar-refractivity contribution is 6.12. The topological polar surface area (TPSA) is 112 Å². The maximum absolute atomic E-state index is 12.1. The minimum absolute atomic E-state index is 0.146. The summed E-state index contributed by atoms with van der Waals surface area (Å²) < 4.78 is 3.60. The first kappa shape index (κ1) is 16.0. The molecule has 0 unspecified atom stereocenters. The monoisotopic (exact) mass is 349 g/mol. The Labute approximate surface area is 149 Å². The van der Waals surface area contributed by atoms with E-state index in [0.717, 1.165) is 16.6 Å². The number of carbonyl (C=O) groups is 1. The second-order valence-electron chi connectivity index (χ2n) is 6.53. The first-order chi connectivity index (χ1) is 12.3. The summed E-state index contributed by atoms with van der Waals surface area (Å²) in [5.41, 5.74) is 15.7. The number of anilines is 1. The zero-order valence-corrected chi connectivity index (χ0v) is 14.7. The molecule has 0 saturated carbocycles. The van der Waals surface area contributed by atoms with Crippen LogP contribution in [0.1, 0.15) is 21.5 Å². The molecule has 0 bridgehead atoms. The van der Waals surface area contributed by atoms with E-state index in [4.69, 9.17) is 16.5 Å². The van der Waals surface area contributed by atoms with Crippen molar-refractivity contribution in [2.24, 2.45) is 12.8 Å². The number of nitrogens with zero attached hydrogens (tertiary/aromatic N) is 3. The van der Waals surface area contributed by atoms with Crippen molar-refractivity contribution in [3.05, 3.63) is 47.2 Å². The maximum Gasteiger partial charge on any atom is 0.253 e. The Morgan fingerprint density at radius 2 is 1.92 bits per heavy atom. The number of phenols is 1. The highest BCUT2D eigenvalue weighted by Crippen LogP contribution is 2.36. The molecule has 26 heavy (non-hydrogen) atoms. The lowest BCUT2D eigenvalue weighted by molar-refractivity contribution is 0.100. The minimum atomic E-state index is -0.612. The molecule has 1 amide bonds. The van der Waals surface area contributed by atoms with Gasteiger partial charge in [0.05, 0.1) is 11.3 Å². The fourth-order valence-corrected chi connectivity index (χ4v) is 3.55. The number of amides is 1. The number of aromatic nitrogens is 3. The number of pyridine rings is 1. The van der Waals surface area contributed by atoms with Crippen molar-refractivity contribution in [1.29, 1.82) is 0 Å². The number of nitrogens with two attached hydrogens (primary N) is 2. The Hall–Kier alpha value is -3.48. The molecule has 4 rings (SSSR count). The smallest absolute Gasteiger partial charge is 0.253 e. The first-order valence-corrected chi connectivity index (χ1v) is 8.16. The lowest BCUT2D eigenvalue weighted by Crippen LogP contribution is -2.14. The molecule has 0 fully saturated rings. The van der Waals surface area contributed by atoms with Gasteiger partial charge in [0.1, 0.15) is 22.9 Å². The molecule has 0 aliphatic carbocycles. The molecular weight excluding hydrogens is 330 g/mol. The van der Waals surface area contributed by atoms with Gasteiger partial charge in [-0.15, -0.1) is 0 Å². The van der Waals surface area contributed by atoms with Crippen molar-refractivity contribution in [1.82, 2.24) is 14.1 Å². The number of hydrogen-bond donors (Lipinski definition) is 3. The SMILES string of the molecule is Cc1ccc(O)c(C)c1-n1c(N)c(C(N)=O)c2cc3ccn(C)c3nc21. The van der Waals surface area contributed by atoms with E-state index in [-0.39, 0.29) is 17.1 Å². The molecule has 0 atom stereocenters. The van der Waals surface area contributed by atoms with Gasteiger partial charge in [-0.05, 0) is 37.6 Å². The number of primary amides is 1. The molecule has 7 nitrogen and oxygen atoms in total. The van der Waals surface area contributed by atoms with Crippen LogP contribution in [0.5, 0.6) is 5.75 Å². The Balaban J connectivity index is 2.24. The van der Waals surface area contributed by atoms with Gasteiger partial charge in [-0.1, -0.05) is 6.07 Å². The van der Waals surface area contributed by atoms with E-state index in [1.165, 1.54) is 0 Å². The summed E-state index contributed by atoms with van der Waals surface area (Å²) in [6.07, 6.45) is 1.90. The maximum atomic E-state index is 12.1. The van der Waals surface area contributed by atoms with Crippen LogP contribution in [0.4, 0.5) is 5.82 Å². The first-order valence-electron chi connectivity index (χ1n) is 8.16. The van der Waals surface area contributed by atoms with Gasteiger partial charge in [0.25, 0.3) is 5.91 Å². The summed E-state index contributed by atoms with van der Waals surface area (Å²) in [7, 11) is 1.90. The Kier molecular flexibility index (Phi) is 3.24. The van der Waals surface area contributed by atoms with E-state index >= 15 is 0 Å². The molecule has 3 heterocycles. The summed E-state index contributed by atoms with van der Waals surface area (Å²) in [5, 5.41) is 11.7. The summed E-state index contributed by atoms with van der Waals surface area (Å²) in [4.78, 5) is 16.9. The van der Waals surface area contributed by atoms with E-state index in [2.05, 4.69) is 0 Å². The van der Waals surface area contributed by atoms with Crippen molar-refractivity contribution in [3.63, 3.8) is 0 Å². The molecule has 1 aromatic carbocycles. The van der Waals surface area contributed by atoms with Gasteiger partial charge < -0.3 is 21.1 Å². The predicted molar refractivity (Wildman–Crippen MR) is 102 cm³/mol. The minimum Gasteiger partial charge on any atom is -0.508 e. The number of phenolic OH excluding ortho intramolecular Hbond substituents is 1. The van der Waals surface area contributed by atoms with E-state index in [1.54, 1.807) is 23.6 Å². The van der Waals surface area contributed by atoms with Crippen molar-refractivity contribution in [2.75, 3.05) is 5.73 Å². The highest BCUT2D eigenvalue weighted by Gasteiger charge is 2.24. The Morgan fingerprint density at radius 3 is 2.62 bits per heavy atom. The van der Waals surface area contributed by atoms with Crippen molar-refractivity contribution in [2.45, 2.75) is 13.8 Å². The fraction of sp³-hybridized carbons (Fsp3) is 0.158. The third-order valence-electron chi connectivity index (χ3n) is 4.87. The quantitative estimate of drug-likeness (QED) is 0.516. The number of benzene rings is 1. The number of fused-ring (bicyclic) bond motifs is 2. The number of rotatable bonds is 2. The van der Waals surface area contributed by atoms with Gasteiger partial charge in [-0.2, -0.15) is 0 Å². The van der Waals surface area contributed by atoms with Crippen molar-refractivity contribution < 1.29 is 9.90 Å². The van der Waals surface area contributed by atoms with Gasteiger partial charge in [0.2, 0.25) is 0 Å². The molecule has 4 aromatic rings. The van der Waals surface area contributed by atoms with Gasteiger partial charge >= 0.3 is 0 Å². The Bertz CT molecular complexity index is 1220. The van der Waals surface area contributed by atoms with E-state index in [0.29, 0.717) is 22.3 Å². The van der Waals surface area contributed by atoms with Crippen molar-refractivity contribution in [3.8, 4) is 11.4 Å². The summed E-state index contributed by atoms with van der Waals surface area (Å²) in [6.45, 7) is 3.71. The second-order valence-corrected chi connectivity index (χ2v) is 6.53. The zero-order chi connectivity index (χ0) is 18.7. The standard InChI is InChI=1S/C19H19N5O2/c1-9-4-5-13(25)10(2)15(9)24-16(20)14(17(21)26)12-8-11-6-7-23(3)18(11)22-19(12)24/h4-8,25H,20H2,1-3H3,(H2,21,26). The molecule has 0 radical (unpaired) electrons. The molecule has 0 saturated heterocycles. The number of nitrogen functional groups attached to an aromatic ring is 1. The number of aryl methyl sites for hydroxylation is 2. The fourth-order valence-electron chi connectivity index (χ4n) is 3.55. The third kappa shape index (κ3) is 2.00. The van der Waals surface area contributed by atoms with Crippen LogP contribution in [0.3, 0.4) is 0 Å². The summed E-state index contributed by atoms with van der Waals surface area (Å²) in [5.74, 6) is -0.252. The molecule has 7 heteroatoms. The molecular formula is C19H19N5O2. The highest BCUT2D eigenvalue weighted by atomic mass is 16.3. The van der Waals surface area contributed by atoms with E-state index in [9.17, 15) is 9.90 Å². The largest absolute Gasteiger partial charge is 0.508 e. The number of carbonyl (C=O) groups excluding carboxylic acids is 1. The van der Waals surface area contributed by atoms with Crippen LogP contribution in [0.15, 0.2) is 30.5 Å². The predicted octanol–water partition coefficient (Wildman–Crippen LogP) is 2.52. The second kappa shape index (κ2) is 5.26. The van der Waals surface area contributed by atoms with Crippen LogP contribution < -0.4 is 11.5 Å². The third-order valence-corrected chi connectivity index (χ3v) is 4.87. The normalized spacial score (nSPS) is 11.5. The van der Waals surface area contributed by atoms with Crippen molar-refractivity contribution >= 4 is 33.8 Å². The van der Waals surface area contributed by atoms with Gasteiger partial charge in [0.15, 0.2) is 0 Å². The molecule has 0 spiro atoms. The van der Waals surface area contributed by atoms with Crippen LogP contribution in [0.2, 0.25) is 0 Å². The molecule has 132 valence electrons. The van der Waals surface area contributed by atoms with Gasteiger partial charge in [-0.25, -0.2) is 4.98 Å². The van der Waals surface area contributed by atoms with E-state index in [1.807, 2.05) is 36.9 Å². The lowest BCUT2D eigenvalue weighted by atomic mass is 10.1. The van der Waals surface area contributed by atoms with Crippen LogP contribution in [0.25, 0.3) is 27.8 Å². The van der Waals surface area contributed by atoms with Crippen LogP contribution >= 0.6 is 0 Å². The van der Waals surface area contributed by atoms with Gasteiger partial charge in [-0.3, -0.25) is 9.36 Å². The Morgan fingerprint density at radius 1 is 1.19 bits per heavy atom. The number of hydrogen-bond acceptors (Lipinski definition) is 4. The van der Waals surface area contributed by atoms with Gasteiger partial charge in [0, 0.05) is 29.6 Å². The molecule has 5 N–H and O–H groups in total. The lowest BCUT2D eigenvalue weighted by Gasteiger charge is -2.15. The molecule has 0 aliphatic heterocycles. The average Bonchev–Trinajstić information content (AvgIpc) is 3.08.